The Hall–Kier alpha value is -0.860. The Morgan fingerprint density at radius 1 is 1.00 bits per heavy atom. The highest BCUT2D eigenvalue weighted by Crippen LogP contribution is 2.33. The molecule has 2 unspecified atom stereocenters. The van der Waals surface area contributed by atoms with Crippen LogP contribution in [0, 0.1) is 11.8 Å². The van der Waals surface area contributed by atoms with Crippen molar-refractivity contribution in [2.24, 2.45) is 11.8 Å². The van der Waals surface area contributed by atoms with Gasteiger partial charge in [0.25, 0.3) is 0 Å². The van der Waals surface area contributed by atoms with E-state index in [1.165, 1.54) is 44.1 Å². The molecule has 1 heterocycles. The zero-order valence-corrected chi connectivity index (χ0v) is 12.5. The Morgan fingerprint density at radius 3 is 2.40 bits per heavy atom. The standard InChI is InChI=1S/C18H26O2/c1-2-14-4-3-5-16(12-14)13-15-6-8-17(9-7-15)18-19-10-11-20-18/h6-9,14,16,18H,2-5,10-13H2,1H3. The lowest BCUT2D eigenvalue weighted by molar-refractivity contribution is -0.0441. The van der Waals surface area contributed by atoms with Crippen molar-refractivity contribution in [3.63, 3.8) is 0 Å². The summed E-state index contributed by atoms with van der Waals surface area (Å²) in [7, 11) is 0. The van der Waals surface area contributed by atoms with Gasteiger partial charge in [-0.05, 0) is 30.2 Å². The molecule has 0 amide bonds. The van der Waals surface area contributed by atoms with Crippen LogP contribution in [0.3, 0.4) is 0 Å². The number of rotatable bonds is 4. The van der Waals surface area contributed by atoms with Gasteiger partial charge in [0.05, 0.1) is 13.2 Å². The molecule has 0 bridgehead atoms. The molecular formula is C18H26O2. The molecule has 1 saturated heterocycles. The molecule has 1 aliphatic heterocycles. The fourth-order valence-electron chi connectivity index (χ4n) is 3.65. The first kappa shape index (κ1) is 14.1. The molecule has 20 heavy (non-hydrogen) atoms. The maximum atomic E-state index is 5.54. The lowest BCUT2D eigenvalue weighted by Gasteiger charge is -2.28. The third-order valence-corrected chi connectivity index (χ3v) is 4.87. The molecule has 1 aliphatic carbocycles. The van der Waals surface area contributed by atoms with Crippen molar-refractivity contribution >= 4 is 0 Å². The Bertz CT molecular complexity index is 406. The van der Waals surface area contributed by atoms with Crippen molar-refractivity contribution in [1.82, 2.24) is 0 Å². The average molecular weight is 274 g/mol. The second-order valence-electron chi connectivity index (χ2n) is 6.33. The van der Waals surface area contributed by atoms with E-state index in [1.807, 2.05) is 0 Å². The van der Waals surface area contributed by atoms with E-state index in [9.17, 15) is 0 Å². The van der Waals surface area contributed by atoms with Gasteiger partial charge < -0.3 is 9.47 Å². The first-order valence-corrected chi connectivity index (χ1v) is 8.17. The van der Waals surface area contributed by atoms with E-state index >= 15 is 0 Å². The van der Waals surface area contributed by atoms with Crippen LogP contribution in [-0.2, 0) is 15.9 Å². The van der Waals surface area contributed by atoms with Crippen LogP contribution < -0.4 is 0 Å². The summed E-state index contributed by atoms with van der Waals surface area (Å²) < 4.78 is 11.1. The summed E-state index contributed by atoms with van der Waals surface area (Å²) in [6.07, 6.45) is 8.16. The Labute approximate surface area is 122 Å². The van der Waals surface area contributed by atoms with Crippen molar-refractivity contribution in [3.05, 3.63) is 35.4 Å². The SMILES string of the molecule is CCC1CCCC(Cc2ccc(C3OCCO3)cc2)C1. The van der Waals surface area contributed by atoms with E-state index in [0.717, 1.165) is 17.4 Å². The third-order valence-electron chi connectivity index (χ3n) is 4.87. The summed E-state index contributed by atoms with van der Waals surface area (Å²) in [6, 6.07) is 8.86. The lowest BCUT2D eigenvalue weighted by atomic mass is 9.77. The van der Waals surface area contributed by atoms with Crippen molar-refractivity contribution in [2.45, 2.75) is 51.7 Å². The van der Waals surface area contributed by atoms with Gasteiger partial charge >= 0.3 is 0 Å². The molecule has 2 nitrogen and oxygen atoms in total. The molecule has 2 heteroatoms. The molecule has 1 aromatic rings. The molecule has 1 saturated carbocycles. The van der Waals surface area contributed by atoms with Crippen LogP contribution in [0.4, 0.5) is 0 Å². The number of hydrogen-bond acceptors (Lipinski definition) is 2. The van der Waals surface area contributed by atoms with Crippen LogP contribution in [0.1, 0.15) is 56.4 Å². The fourth-order valence-corrected chi connectivity index (χ4v) is 3.65. The van der Waals surface area contributed by atoms with E-state index in [-0.39, 0.29) is 6.29 Å². The normalized spacial score (nSPS) is 27.9. The fraction of sp³-hybridized carbons (Fsp3) is 0.667. The zero-order valence-electron chi connectivity index (χ0n) is 12.5. The minimum absolute atomic E-state index is 0.136. The molecule has 110 valence electrons. The Kier molecular flexibility index (Phi) is 4.74. The van der Waals surface area contributed by atoms with Gasteiger partial charge in [0.2, 0.25) is 0 Å². The van der Waals surface area contributed by atoms with Gasteiger partial charge in [-0.2, -0.15) is 0 Å². The van der Waals surface area contributed by atoms with Crippen molar-refractivity contribution in [3.8, 4) is 0 Å². The maximum absolute atomic E-state index is 5.54. The van der Waals surface area contributed by atoms with E-state index in [2.05, 4.69) is 31.2 Å². The summed E-state index contributed by atoms with van der Waals surface area (Å²) in [5.41, 5.74) is 2.62. The smallest absolute Gasteiger partial charge is 0.184 e. The van der Waals surface area contributed by atoms with Crippen LogP contribution in [0.15, 0.2) is 24.3 Å². The van der Waals surface area contributed by atoms with Gasteiger partial charge in [0.1, 0.15) is 0 Å². The molecule has 1 aromatic carbocycles. The number of hydrogen-bond donors (Lipinski definition) is 0. The molecule has 2 aliphatic rings. The summed E-state index contributed by atoms with van der Waals surface area (Å²) >= 11 is 0. The predicted octanol–water partition coefficient (Wildman–Crippen LogP) is 4.49. The van der Waals surface area contributed by atoms with E-state index in [1.54, 1.807) is 0 Å². The molecular weight excluding hydrogens is 248 g/mol. The third kappa shape index (κ3) is 3.42. The van der Waals surface area contributed by atoms with Crippen molar-refractivity contribution < 1.29 is 9.47 Å². The van der Waals surface area contributed by atoms with E-state index in [0.29, 0.717) is 13.2 Å². The largest absolute Gasteiger partial charge is 0.346 e. The molecule has 0 N–H and O–H groups in total. The highest BCUT2D eigenvalue weighted by molar-refractivity contribution is 5.24. The van der Waals surface area contributed by atoms with Crippen LogP contribution in [0.25, 0.3) is 0 Å². The first-order chi connectivity index (χ1) is 9.85. The minimum atomic E-state index is -0.136. The monoisotopic (exact) mass is 274 g/mol. The quantitative estimate of drug-likeness (QED) is 0.805. The number of ether oxygens (including phenoxy) is 2. The Morgan fingerprint density at radius 2 is 1.70 bits per heavy atom. The van der Waals surface area contributed by atoms with Crippen LogP contribution in [0.2, 0.25) is 0 Å². The molecule has 0 spiro atoms. The van der Waals surface area contributed by atoms with Crippen molar-refractivity contribution in [2.75, 3.05) is 13.2 Å². The summed E-state index contributed by atoms with van der Waals surface area (Å²) in [5.74, 6) is 1.85. The van der Waals surface area contributed by atoms with Crippen LogP contribution in [0.5, 0.6) is 0 Å². The summed E-state index contributed by atoms with van der Waals surface area (Å²) in [4.78, 5) is 0. The summed E-state index contributed by atoms with van der Waals surface area (Å²) in [5, 5.41) is 0. The molecule has 0 aromatic heterocycles. The van der Waals surface area contributed by atoms with Gasteiger partial charge in [0, 0.05) is 5.56 Å². The van der Waals surface area contributed by atoms with Crippen molar-refractivity contribution in [1.29, 1.82) is 0 Å². The minimum Gasteiger partial charge on any atom is -0.346 e. The highest BCUT2D eigenvalue weighted by atomic mass is 16.7. The molecule has 2 atom stereocenters. The Balaban J connectivity index is 1.57. The zero-order chi connectivity index (χ0) is 13.8. The molecule has 3 rings (SSSR count). The van der Waals surface area contributed by atoms with Gasteiger partial charge in [-0.25, -0.2) is 0 Å². The van der Waals surface area contributed by atoms with E-state index < -0.39 is 0 Å². The molecule has 2 fully saturated rings. The first-order valence-electron chi connectivity index (χ1n) is 8.17. The van der Waals surface area contributed by atoms with E-state index in [4.69, 9.17) is 9.47 Å². The lowest BCUT2D eigenvalue weighted by Crippen LogP contribution is -2.16. The van der Waals surface area contributed by atoms with Gasteiger partial charge in [-0.15, -0.1) is 0 Å². The van der Waals surface area contributed by atoms with Gasteiger partial charge in [-0.3, -0.25) is 0 Å². The number of benzene rings is 1. The topological polar surface area (TPSA) is 18.5 Å². The summed E-state index contributed by atoms with van der Waals surface area (Å²) in [6.45, 7) is 3.77. The van der Waals surface area contributed by atoms with Crippen LogP contribution >= 0.6 is 0 Å². The predicted molar refractivity (Wildman–Crippen MR) is 80.5 cm³/mol. The maximum Gasteiger partial charge on any atom is 0.184 e. The average Bonchev–Trinajstić information content (AvgIpc) is 3.02. The second kappa shape index (κ2) is 6.73. The van der Waals surface area contributed by atoms with Gasteiger partial charge in [0.15, 0.2) is 6.29 Å². The second-order valence-corrected chi connectivity index (χ2v) is 6.33. The highest BCUT2D eigenvalue weighted by Gasteiger charge is 2.21. The molecule has 0 radical (unpaired) electrons. The van der Waals surface area contributed by atoms with Gasteiger partial charge in [-0.1, -0.05) is 56.9 Å². The van der Waals surface area contributed by atoms with Crippen LogP contribution in [-0.4, -0.2) is 13.2 Å².